The van der Waals surface area contributed by atoms with E-state index >= 15 is 0 Å². The molecule has 0 rings (SSSR count). The molecule has 0 aromatic carbocycles. The molecule has 0 aromatic heterocycles. The first-order chi connectivity index (χ1) is 7.35. The summed E-state index contributed by atoms with van der Waals surface area (Å²) in [6.07, 6.45) is -3.20. The summed E-state index contributed by atoms with van der Waals surface area (Å²) in [6, 6.07) is 0. The molecule has 0 saturated heterocycles. The van der Waals surface area contributed by atoms with Crippen molar-refractivity contribution in [3.63, 3.8) is 0 Å². The second kappa shape index (κ2) is 6.80. The fraction of sp³-hybridized carbons (Fsp3) is 0.900. The Bertz CT molecular complexity index is 200. The maximum atomic E-state index is 10.2. The van der Waals surface area contributed by atoms with E-state index in [1.807, 2.05) is 0 Å². The molecule has 16 heavy (non-hydrogen) atoms. The molecule has 6 nitrogen and oxygen atoms in total. The van der Waals surface area contributed by atoms with E-state index in [1.165, 1.54) is 0 Å². The summed E-state index contributed by atoms with van der Waals surface area (Å²) in [5.41, 5.74) is -0.597. The maximum absolute atomic E-state index is 10.2. The Morgan fingerprint density at radius 1 is 1.25 bits per heavy atom. The molecule has 0 bridgehead atoms. The lowest BCUT2D eigenvalue weighted by atomic mass is 10.1. The van der Waals surface area contributed by atoms with Crippen molar-refractivity contribution < 1.29 is 29.6 Å². The molecule has 0 aliphatic carbocycles. The van der Waals surface area contributed by atoms with Crippen molar-refractivity contribution in [2.75, 3.05) is 13.2 Å². The molecule has 0 aromatic rings. The van der Waals surface area contributed by atoms with E-state index in [-0.39, 0.29) is 6.47 Å². The highest BCUT2D eigenvalue weighted by atomic mass is 16.6. The Balaban J connectivity index is 4.69. The average Bonchev–Trinajstić information content (AvgIpc) is 2.20. The van der Waals surface area contributed by atoms with Gasteiger partial charge in [0.05, 0.1) is 18.8 Å². The Labute approximate surface area is 94.8 Å². The zero-order valence-corrected chi connectivity index (χ0v) is 9.79. The minimum absolute atomic E-state index is 0.171. The lowest BCUT2D eigenvalue weighted by Gasteiger charge is -2.33. The first-order valence-electron chi connectivity index (χ1n) is 5.02. The number of carbonyl (C=O) groups excluding carboxylic acids is 1. The lowest BCUT2D eigenvalue weighted by molar-refractivity contribution is -0.183. The third-order valence-electron chi connectivity index (χ3n) is 1.83. The number of carbonyl (C=O) groups is 1. The van der Waals surface area contributed by atoms with Crippen molar-refractivity contribution in [3.8, 4) is 0 Å². The fourth-order valence-corrected chi connectivity index (χ4v) is 1.21. The standard InChI is InChI=1S/C10H20O6/c1-10(2,3)16-9(7(14)4-11)8(5-12)15-6-13/h6-9,11-12,14H,4-5H2,1-3H3/t7-,8?,9-/m0/s1. The summed E-state index contributed by atoms with van der Waals surface area (Å²) in [5, 5.41) is 27.4. The van der Waals surface area contributed by atoms with Crippen molar-refractivity contribution >= 4 is 6.47 Å². The number of hydrogen-bond acceptors (Lipinski definition) is 6. The van der Waals surface area contributed by atoms with Gasteiger partial charge < -0.3 is 24.8 Å². The molecular formula is C10H20O6. The van der Waals surface area contributed by atoms with Crippen LogP contribution < -0.4 is 0 Å². The van der Waals surface area contributed by atoms with Gasteiger partial charge in [0.1, 0.15) is 12.2 Å². The van der Waals surface area contributed by atoms with E-state index in [0.29, 0.717) is 0 Å². The topological polar surface area (TPSA) is 96.2 Å². The van der Waals surface area contributed by atoms with Gasteiger partial charge in [0, 0.05) is 0 Å². The summed E-state index contributed by atoms with van der Waals surface area (Å²) in [5.74, 6) is 0. The van der Waals surface area contributed by atoms with Crippen LogP contribution >= 0.6 is 0 Å². The summed E-state index contributed by atoms with van der Waals surface area (Å²) in [4.78, 5) is 10.2. The molecule has 3 N–H and O–H groups in total. The Hall–Kier alpha value is -0.690. The first-order valence-corrected chi connectivity index (χ1v) is 5.02. The number of aliphatic hydroxyl groups is 3. The van der Waals surface area contributed by atoms with Crippen LogP contribution in [-0.4, -0.2) is 58.9 Å². The maximum Gasteiger partial charge on any atom is 0.293 e. The van der Waals surface area contributed by atoms with Crippen LogP contribution in [0.5, 0.6) is 0 Å². The van der Waals surface area contributed by atoms with Gasteiger partial charge in [-0.2, -0.15) is 0 Å². The molecule has 3 atom stereocenters. The van der Waals surface area contributed by atoms with Gasteiger partial charge >= 0.3 is 0 Å². The minimum atomic E-state index is -1.23. The molecule has 0 saturated carbocycles. The summed E-state index contributed by atoms with van der Waals surface area (Å²) >= 11 is 0. The van der Waals surface area contributed by atoms with Crippen LogP contribution in [-0.2, 0) is 14.3 Å². The zero-order valence-electron chi connectivity index (χ0n) is 9.79. The number of ether oxygens (including phenoxy) is 2. The quantitative estimate of drug-likeness (QED) is 0.494. The molecule has 0 fully saturated rings. The zero-order chi connectivity index (χ0) is 12.8. The molecule has 0 spiro atoms. The van der Waals surface area contributed by atoms with Gasteiger partial charge in [-0.1, -0.05) is 0 Å². The number of hydrogen-bond donors (Lipinski definition) is 3. The van der Waals surface area contributed by atoms with E-state index in [4.69, 9.17) is 14.9 Å². The summed E-state index contributed by atoms with van der Waals surface area (Å²) in [6.45, 7) is 4.39. The first kappa shape index (κ1) is 15.3. The van der Waals surface area contributed by atoms with E-state index in [0.717, 1.165) is 0 Å². The average molecular weight is 236 g/mol. The number of rotatable bonds is 7. The van der Waals surface area contributed by atoms with Gasteiger partial charge in [0.2, 0.25) is 0 Å². The largest absolute Gasteiger partial charge is 0.459 e. The highest BCUT2D eigenvalue weighted by molar-refractivity contribution is 5.37. The normalized spacial score (nSPS) is 17.6. The van der Waals surface area contributed by atoms with E-state index < -0.39 is 37.1 Å². The van der Waals surface area contributed by atoms with E-state index in [1.54, 1.807) is 20.8 Å². The van der Waals surface area contributed by atoms with Crippen LogP contribution in [0, 0.1) is 0 Å². The van der Waals surface area contributed by atoms with Crippen molar-refractivity contribution in [1.82, 2.24) is 0 Å². The second-order valence-corrected chi connectivity index (χ2v) is 4.40. The minimum Gasteiger partial charge on any atom is -0.459 e. The predicted molar refractivity (Wildman–Crippen MR) is 55.7 cm³/mol. The highest BCUT2D eigenvalue weighted by Crippen LogP contribution is 2.17. The Morgan fingerprint density at radius 3 is 2.12 bits per heavy atom. The molecule has 0 amide bonds. The molecule has 1 unspecified atom stereocenters. The van der Waals surface area contributed by atoms with Crippen molar-refractivity contribution in [2.45, 2.75) is 44.7 Å². The van der Waals surface area contributed by atoms with Crippen molar-refractivity contribution in [1.29, 1.82) is 0 Å². The fourth-order valence-electron chi connectivity index (χ4n) is 1.21. The monoisotopic (exact) mass is 236 g/mol. The predicted octanol–water partition coefficient (Wildman–Crippen LogP) is -0.943. The molecule has 96 valence electrons. The van der Waals surface area contributed by atoms with Gasteiger partial charge in [0.15, 0.2) is 6.10 Å². The van der Waals surface area contributed by atoms with Gasteiger partial charge in [-0.15, -0.1) is 0 Å². The van der Waals surface area contributed by atoms with Crippen LogP contribution in [0.1, 0.15) is 20.8 Å². The van der Waals surface area contributed by atoms with Crippen molar-refractivity contribution in [3.05, 3.63) is 0 Å². The van der Waals surface area contributed by atoms with Crippen molar-refractivity contribution in [2.24, 2.45) is 0 Å². The van der Waals surface area contributed by atoms with Crippen LogP contribution in [0.2, 0.25) is 0 Å². The highest BCUT2D eigenvalue weighted by Gasteiger charge is 2.33. The summed E-state index contributed by atoms with van der Waals surface area (Å²) < 4.78 is 10.0. The van der Waals surface area contributed by atoms with E-state index in [2.05, 4.69) is 4.74 Å². The smallest absolute Gasteiger partial charge is 0.293 e. The molecule has 0 radical (unpaired) electrons. The Kier molecular flexibility index (Phi) is 6.51. The van der Waals surface area contributed by atoms with E-state index in [9.17, 15) is 9.90 Å². The van der Waals surface area contributed by atoms with Gasteiger partial charge in [-0.25, -0.2) is 0 Å². The third kappa shape index (κ3) is 5.41. The van der Waals surface area contributed by atoms with Gasteiger partial charge in [-0.3, -0.25) is 4.79 Å². The molecule has 0 heterocycles. The molecular weight excluding hydrogens is 216 g/mol. The van der Waals surface area contributed by atoms with Crippen LogP contribution in [0.15, 0.2) is 0 Å². The Morgan fingerprint density at radius 2 is 1.81 bits per heavy atom. The summed E-state index contributed by atoms with van der Waals surface area (Å²) in [7, 11) is 0. The van der Waals surface area contributed by atoms with Crippen LogP contribution in [0.3, 0.4) is 0 Å². The molecule has 0 aliphatic heterocycles. The SMILES string of the molecule is CC(C)(C)O[C@H](C(CO)OC=O)[C@@H](O)CO. The third-order valence-corrected chi connectivity index (χ3v) is 1.83. The van der Waals surface area contributed by atoms with Gasteiger partial charge in [0.25, 0.3) is 6.47 Å². The van der Waals surface area contributed by atoms with Crippen LogP contribution in [0.25, 0.3) is 0 Å². The lowest BCUT2D eigenvalue weighted by Crippen LogP contribution is -2.48. The molecule has 6 heteroatoms. The van der Waals surface area contributed by atoms with Gasteiger partial charge in [-0.05, 0) is 20.8 Å². The molecule has 0 aliphatic rings. The second-order valence-electron chi connectivity index (χ2n) is 4.40. The van der Waals surface area contributed by atoms with Crippen LogP contribution in [0.4, 0.5) is 0 Å². The number of aliphatic hydroxyl groups excluding tert-OH is 3.